The first-order valence-corrected chi connectivity index (χ1v) is 10.4. The van der Waals surface area contributed by atoms with Gasteiger partial charge in [-0.15, -0.1) is 0 Å². The van der Waals surface area contributed by atoms with E-state index in [0.29, 0.717) is 46.5 Å². The SMILES string of the molecule is COc1ncc2nccc(-c3[nH]c4c(c3Nc3cc(F)cc(Cl)c3OC)C(=O)NCC4)c2n1. The van der Waals surface area contributed by atoms with Gasteiger partial charge >= 0.3 is 6.01 Å². The molecule has 0 spiro atoms. The van der Waals surface area contributed by atoms with Crippen LogP contribution in [0.1, 0.15) is 16.1 Å². The van der Waals surface area contributed by atoms with Gasteiger partial charge in [0.2, 0.25) is 0 Å². The van der Waals surface area contributed by atoms with Crippen molar-refractivity contribution in [3.8, 4) is 23.0 Å². The molecular formula is C22H18ClFN6O3. The van der Waals surface area contributed by atoms with Gasteiger partial charge in [-0.1, -0.05) is 11.6 Å². The second-order valence-corrected chi connectivity index (χ2v) is 7.68. The molecule has 0 aliphatic carbocycles. The molecule has 1 aromatic carbocycles. The highest BCUT2D eigenvalue weighted by molar-refractivity contribution is 6.32. The van der Waals surface area contributed by atoms with E-state index in [4.69, 9.17) is 21.1 Å². The molecule has 0 unspecified atom stereocenters. The fraction of sp³-hybridized carbons (Fsp3) is 0.182. The normalized spacial score (nSPS) is 12.9. The highest BCUT2D eigenvalue weighted by Crippen LogP contribution is 2.42. The van der Waals surface area contributed by atoms with Gasteiger partial charge in [-0.25, -0.2) is 9.37 Å². The molecule has 1 amide bonds. The van der Waals surface area contributed by atoms with Gasteiger partial charge < -0.3 is 25.1 Å². The maximum Gasteiger partial charge on any atom is 0.316 e. The number of ether oxygens (including phenoxy) is 2. The molecule has 11 heteroatoms. The van der Waals surface area contributed by atoms with Gasteiger partial charge in [-0.3, -0.25) is 9.78 Å². The lowest BCUT2D eigenvalue weighted by Gasteiger charge is -2.17. The van der Waals surface area contributed by atoms with Crippen molar-refractivity contribution in [3.63, 3.8) is 0 Å². The van der Waals surface area contributed by atoms with Crippen LogP contribution in [0.5, 0.6) is 11.8 Å². The number of halogens is 2. The van der Waals surface area contributed by atoms with E-state index in [1.807, 2.05) is 0 Å². The fourth-order valence-electron chi connectivity index (χ4n) is 3.92. The second kappa shape index (κ2) is 8.21. The predicted octanol–water partition coefficient (Wildman–Crippen LogP) is 3.86. The van der Waals surface area contributed by atoms with Crippen LogP contribution in [0.15, 0.2) is 30.6 Å². The Balaban J connectivity index is 1.76. The molecule has 1 aliphatic heterocycles. The third kappa shape index (κ3) is 3.58. The molecule has 0 saturated heterocycles. The van der Waals surface area contributed by atoms with E-state index in [-0.39, 0.29) is 28.4 Å². The van der Waals surface area contributed by atoms with Crippen molar-refractivity contribution in [1.82, 2.24) is 25.3 Å². The molecule has 0 radical (unpaired) electrons. The Hall–Kier alpha value is -3.92. The number of nitrogens with one attached hydrogen (secondary N) is 3. The maximum atomic E-state index is 14.2. The number of hydrogen-bond donors (Lipinski definition) is 3. The molecule has 3 aromatic heterocycles. The molecule has 168 valence electrons. The van der Waals surface area contributed by atoms with Crippen molar-refractivity contribution in [2.75, 3.05) is 26.1 Å². The lowest BCUT2D eigenvalue weighted by molar-refractivity contribution is 0.0947. The Labute approximate surface area is 192 Å². The van der Waals surface area contributed by atoms with Crippen molar-refractivity contribution >= 4 is 39.9 Å². The maximum absolute atomic E-state index is 14.2. The summed E-state index contributed by atoms with van der Waals surface area (Å²) in [4.78, 5) is 29.1. The van der Waals surface area contributed by atoms with Crippen molar-refractivity contribution in [1.29, 1.82) is 0 Å². The molecule has 4 heterocycles. The van der Waals surface area contributed by atoms with E-state index in [1.165, 1.54) is 20.3 Å². The molecule has 3 N–H and O–H groups in total. The lowest BCUT2D eigenvalue weighted by Crippen LogP contribution is -2.31. The first kappa shape index (κ1) is 21.0. The number of anilines is 2. The van der Waals surface area contributed by atoms with Crippen molar-refractivity contribution in [2.24, 2.45) is 0 Å². The molecule has 5 rings (SSSR count). The molecular weight excluding hydrogens is 451 g/mol. The Bertz CT molecular complexity index is 1410. The number of benzene rings is 1. The summed E-state index contributed by atoms with van der Waals surface area (Å²) in [6.07, 6.45) is 3.78. The highest BCUT2D eigenvalue weighted by atomic mass is 35.5. The summed E-state index contributed by atoms with van der Waals surface area (Å²) in [5.74, 6) is -0.558. The largest absolute Gasteiger partial charge is 0.493 e. The Kier molecular flexibility index (Phi) is 5.21. The van der Waals surface area contributed by atoms with Gasteiger partial charge in [-0.2, -0.15) is 4.98 Å². The van der Waals surface area contributed by atoms with Gasteiger partial charge in [-0.05, 0) is 12.1 Å². The summed E-state index contributed by atoms with van der Waals surface area (Å²) < 4.78 is 24.8. The average Bonchev–Trinajstić information content (AvgIpc) is 3.17. The third-order valence-electron chi connectivity index (χ3n) is 5.35. The number of rotatable bonds is 5. The standard InChI is InChI=1S/C22H18ClFN6O3/c1-32-20-12(23)7-10(24)8-14(20)29-19-16-13(4-6-26-21(16)31)28-18(19)11-3-5-25-15-9-27-22(33-2)30-17(11)15/h3,5,7-9,28-29H,4,6H2,1-2H3,(H,26,31). The van der Waals surface area contributed by atoms with E-state index in [2.05, 4.69) is 30.6 Å². The summed E-state index contributed by atoms with van der Waals surface area (Å²) >= 11 is 6.18. The van der Waals surface area contributed by atoms with Gasteiger partial charge in [0.25, 0.3) is 5.91 Å². The van der Waals surface area contributed by atoms with Crippen LogP contribution in [0.3, 0.4) is 0 Å². The Morgan fingerprint density at radius 3 is 2.85 bits per heavy atom. The van der Waals surface area contributed by atoms with E-state index in [0.717, 1.165) is 11.8 Å². The summed E-state index contributed by atoms with van der Waals surface area (Å²) in [7, 11) is 2.91. The van der Waals surface area contributed by atoms with Gasteiger partial charge in [0.1, 0.15) is 16.9 Å². The quantitative estimate of drug-likeness (QED) is 0.407. The first-order valence-electron chi connectivity index (χ1n) is 9.99. The van der Waals surface area contributed by atoms with Gasteiger partial charge in [0.05, 0.1) is 48.1 Å². The van der Waals surface area contributed by atoms with Crippen molar-refractivity contribution < 1.29 is 18.7 Å². The monoisotopic (exact) mass is 468 g/mol. The van der Waals surface area contributed by atoms with Crippen LogP contribution in [0.4, 0.5) is 15.8 Å². The van der Waals surface area contributed by atoms with Crippen LogP contribution in [-0.2, 0) is 6.42 Å². The number of nitrogens with zero attached hydrogens (tertiary/aromatic N) is 3. The van der Waals surface area contributed by atoms with E-state index in [1.54, 1.807) is 18.5 Å². The Morgan fingerprint density at radius 2 is 2.06 bits per heavy atom. The topological polar surface area (TPSA) is 114 Å². The molecule has 33 heavy (non-hydrogen) atoms. The van der Waals surface area contributed by atoms with Gasteiger partial charge in [0.15, 0.2) is 5.75 Å². The predicted molar refractivity (Wildman–Crippen MR) is 121 cm³/mol. The number of aromatic nitrogens is 4. The van der Waals surface area contributed by atoms with E-state index >= 15 is 0 Å². The van der Waals surface area contributed by atoms with Crippen LogP contribution < -0.4 is 20.1 Å². The highest BCUT2D eigenvalue weighted by Gasteiger charge is 2.29. The number of amides is 1. The zero-order valence-electron chi connectivity index (χ0n) is 17.6. The molecule has 0 atom stereocenters. The number of hydrogen-bond acceptors (Lipinski definition) is 7. The molecule has 1 aliphatic rings. The van der Waals surface area contributed by atoms with Crippen LogP contribution in [-0.4, -0.2) is 46.6 Å². The number of fused-ring (bicyclic) bond motifs is 2. The minimum Gasteiger partial charge on any atom is -0.493 e. The third-order valence-corrected chi connectivity index (χ3v) is 5.63. The number of carbonyl (C=O) groups excluding carboxylic acids is 1. The number of pyridine rings is 1. The van der Waals surface area contributed by atoms with E-state index in [9.17, 15) is 9.18 Å². The molecule has 9 nitrogen and oxygen atoms in total. The van der Waals surface area contributed by atoms with Crippen LogP contribution in [0.2, 0.25) is 5.02 Å². The van der Waals surface area contributed by atoms with Crippen molar-refractivity contribution in [2.45, 2.75) is 6.42 Å². The zero-order valence-corrected chi connectivity index (χ0v) is 18.4. The van der Waals surface area contributed by atoms with Gasteiger partial charge in [0, 0.05) is 36.5 Å². The summed E-state index contributed by atoms with van der Waals surface area (Å²) in [5, 5.41) is 6.11. The zero-order chi connectivity index (χ0) is 23.1. The fourth-order valence-corrected chi connectivity index (χ4v) is 4.21. The summed E-state index contributed by atoms with van der Waals surface area (Å²) in [6.45, 7) is 0.493. The molecule has 0 saturated carbocycles. The van der Waals surface area contributed by atoms with Crippen LogP contribution in [0.25, 0.3) is 22.3 Å². The van der Waals surface area contributed by atoms with Crippen LogP contribution >= 0.6 is 11.6 Å². The second-order valence-electron chi connectivity index (χ2n) is 7.28. The molecule has 0 bridgehead atoms. The smallest absolute Gasteiger partial charge is 0.316 e. The first-order chi connectivity index (χ1) is 16.0. The summed E-state index contributed by atoms with van der Waals surface area (Å²) in [5.41, 5.74) is 4.17. The number of aromatic amines is 1. The van der Waals surface area contributed by atoms with Crippen molar-refractivity contribution in [3.05, 3.63) is 52.7 Å². The molecule has 4 aromatic rings. The average molecular weight is 469 g/mol. The number of H-pyrrole nitrogens is 1. The minimum atomic E-state index is -0.550. The minimum absolute atomic E-state index is 0.0993. The number of carbonyl (C=O) groups is 1. The van der Waals surface area contributed by atoms with Crippen LogP contribution in [0, 0.1) is 5.82 Å². The molecule has 0 fully saturated rings. The van der Waals surface area contributed by atoms with E-state index < -0.39 is 5.82 Å². The lowest BCUT2D eigenvalue weighted by atomic mass is 10.0. The number of methoxy groups -OCH3 is 2. The Morgan fingerprint density at radius 1 is 1.21 bits per heavy atom. The summed E-state index contributed by atoms with van der Waals surface area (Å²) in [6, 6.07) is 4.36.